The highest BCUT2D eigenvalue weighted by Crippen LogP contribution is 2.67. The summed E-state index contributed by atoms with van der Waals surface area (Å²) in [7, 11) is -3.06. The van der Waals surface area contributed by atoms with Crippen LogP contribution in [-0.4, -0.2) is 18.9 Å². The second-order valence-electron chi connectivity index (χ2n) is 5.29. The Bertz CT molecular complexity index is 428. The van der Waals surface area contributed by atoms with E-state index in [9.17, 15) is 8.42 Å². The quantitative estimate of drug-likeness (QED) is 0.486. The Morgan fingerprint density at radius 2 is 1.93 bits per heavy atom. The molecule has 0 aromatic carbocycles. The third-order valence-electron chi connectivity index (χ3n) is 4.72. The Balaban J connectivity index is 2.19. The van der Waals surface area contributed by atoms with Crippen LogP contribution < -0.4 is 0 Å². The normalized spacial score (nSPS) is 51.4. The number of hydrogen-bond donors (Lipinski definition) is 0. The molecule has 4 heteroatoms. The number of alkyl halides is 1. The maximum absolute atomic E-state index is 12.0. The lowest BCUT2D eigenvalue weighted by molar-refractivity contribution is 0.122. The summed E-state index contributed by atoms with van der Waals surface area (Å²) in [6.45, 7) is 0. The van der Waals surface area contributed by atoms with Crippen molar-refractivity contribution in [1.82, 2.24) is 0 Å². The molecule has 2 fully saturated rings. The van der Waals surface area contributed by atoms with Gasteiger partial charge in [0.25, 0.3) is 0 Å². The summed E-state index contributed by atoms with van der Waals surface area (Å²) < 4.78 is 23.3. The van der Waals surface area contributed by atoms with Crippen molar-refractivity contribution in [2.45, 2.75) is 36.8 Å². The Morgan fingerprint density at radius 1 is 1.20 bits per heavy atom. The van der Waals surface area contributed by atoms with Crippen molar-refractivity contribution in [3.05, 3.63) is 12.2 Å². The monoisotopic (exact) mass is 246 g/mol. The fraction of sp³-hybridized carbons (Fsp3) is 0.818. The second-order valence-corrected chi connectivity index (χ2v) is 8.07. The van der Waals surface area contributed by atoms with Crippen molar-refractivity contribution >= 4 is 21.4 Å². The summed E-state index contributed by atoms with van der Waals surface area (Å²) in [5.74, 6) is 0.318. The standard InChI is InChI=1S/C11H15ClO2S/c12-9-11-6-2-1-4-10(11,5-3-7-11)8-15(9,13)14/h1-2,9H,3-8H2/t9-,10+,11+/m1/s1. The maximum atomic E-state index is 12.0. The molecule has 1 saturated carbocycles. The first-order chi connectivity index (χ1) is 7.03. The highest BCUT2D eigenvalue weighted by molar-refractivity contribution is 7.93. The van der Waals surface area contributed by atoms with Gasteiger partial charge in [0.05, 0.1) is 5.75 Å². The fourth-order valence-corrected chi connectivity index (χ4v) is 7.24. The van der Waals surface area contributed by atoms with Crippen LogP contribution in [0.2, 0.25) is 0 Å². The van der Waals surface area contributed by atoms with E-state index in [1.807, 2.05) is 0 Å². The lowest BCUT2D eigenvalue weighted by atomic mass is 9.62. The van der Waals surface area contributed by atoms with Gasteiger partial charge in [-0.2, -0.15) is 0 Å². The molecule has 0 unspecified atom stereocenters. The number of halogens is 1. The van der Waals surface area contributed by atoms with Crippen LogP contribution in [0.25, 0.3) is 0 Å². The Labute approximate surface area is 95.6 Å². The summed E-state index contributed by atoms with van der Waals surface area (Å²) in [5, 5.41) is 0. The van der Waals surface area contributed by atoms with Gasteiger partial charge in [-0.05, 0) is 31.1 Å². The molecule has 0 spiro atoms. The minimum atomic E-state index is -3.06. The third kappa shape index (κ3) is 1.04. The zero-order valence-corrected chi connectivity index (χ0v) is 10.1. The van der Waals surface area contributed by atoms with Gasteiger partial charge >= 0.3 is 0 Å². The Hall–Kier alpha value is -0.0200. The van der Waals surface area contributed by atoms with Gasteiger partial charge in [0, 0.05) is 5.41 Å². The molecule has 1 heterocycles. The lowest BCUT2D eigenvalue weighted by Crippen LogP contribution is -2.40. The SMILES string of the molecule is O=S1(=O)C[C@@]23CC=CC[C@]2(CCC3)[C@@H]1Cl. The molecule has 0 radical (unpaired) electrons. The van der Waals surface area contributed by atoms with Gasteiger partial charge < -0.3 is 0 Å². The van der Waals surface area contributed by atoms with Crippen LogP contribution in [0.15, 0.2) is 12.2 Å². The molecule has 0 aromatic heterocycles. The van der Waals surface area contributed by atoms with Crippen molar-refractivity contribution < 1.29 is 8.42 Å². The Morgan fingerprint density at radius 3 is 2.67 bits per heavy atom. The highest BCUT2D eigenvalue weighted by Gasteiger charge is 2.67. The van der Waals surface area contributed by atoms with Crippen molar-refractivity contribution in [2.24, 2.45) is 10.8 Å². The van der Waals surface area contributed by atoms with E-state index in [-0.39, 0.29) is 10.8 Å². The van der Waals surface area contributed by atoms with E-state index < -0.39 is 14.5 Å². The van der Waals surface area contributed by atoms with Crippen LogP contribution >= 0.6 is 11.6 Å². The van der Waals surface area contributed by atoms with Gasteiger partial charge in [-0.15, -0.1) is 11.6 Å². The number of rotatable bonds is 0. The predicted molar refractivity (Wildman–Crippen MR) is 60.5 cm³/mol. The summed E-state index contributed by atoms with van der Waals surface area (Å²) >= 11 is 6.24. The average Bonchev–Trinajstić information content (AvgIpc) is 2.61. The molecular formula is C11H15ClO2S. The first-order valence-corrected chi connectivity index (χ1v) is 7.68. The molecule has 1 saturated heterocycles. The molecule has 0 amide bonds. The molecule has 0 aromatic rings. The van der Waals surface area contributed by atoms with Gasteiger partial charge in [-0.25, -0.2) is 8.42 Å². The average molecular weight is 247 g/mol. The van der Waals surface area contributed by atoms with Crippen molar-refractivity contribution in [3.63, 3.8) is 0 Å². The summed E-state index contributed by atoms with van der Waals surface area (Å²) in [6, 6.07) is 0. The number of hydrogen-bond acceptors (Lipinski definition) is 2. The van der Waals surface area contributed by atoms with E-state index in [0.29, 0.717) is 5.75 Å². The minimum absolute atomic E-state index is 0.0208. The zero-order chi connectivity index (χ0) is 10.7. The molecule has 2 aliphatic carbocycles. The molecule has 84 valence electrons. The first kappa shape index (κ1) is 10.2. The topological polar surface area (TPSA) is 34.1 Å². The van der Waals surface area contributed by atoms with Gasteiger partial charge in [0.2, 0.25) is 0 Å². The first-order valence-electron chi connectivity index (χ1n) is 5.53. The number of sulfone groups is 1. The second kappa shape index (κ2) is 2.80. The summed E-state index contributed by atoms with van der Waals surface area (Å²) in [6.07, 6.45) is 9.22. The van der Waals surface area contributed by atoms with Gasteiger partial charge in [-0.1, -0.05) is 18.6 Å². The van der Waals surface area contributed by atoms with E-state index in [2.05, 4.69) is 12.2 Å². The molecule has 2 nitrogen and oxygen atoms in total. The highest BCUT2D eigenvalue weighted by atomic mass is 35.5. The van der Waals surface area contributed by atoms with Crippen LogP contribution in [0, 0.1) is 10.8 Å². The predicted octanol–water partition coefficient (Wildman–Crippen LogP) is 2.49. The van der Waals surface area contributed by atoms with Crippen molar-refractivity contribution in [2.75, 3.05) is 5.75 Å². The Kier molecular flexibility index (Phi) is 1.90. The molecule has 3 atom stereocenters. The van der Waals surface area contributed by atoms with E-state index in [4.69, 9.17) is 11.6 Å². The molecular weight excluding hydrogens is 232 g/mol. The van der Waals surface area contributed by atoms with Crippen molar-refractivity contribution in [1.29, 1.82) is 0 Å². The lowest BCUT2D eigenvalue weighted by Gasteiger charge is -2.42. The van der Waals surface area contributed by atoms with Crippen LogP contribution in [0.1, 0.15) is 32.1 Å². The third-order valence-corrected chi connectivity index (χ3v) is 7.99. The van der Waals surface area contributed by atoms with Crippen LogP contribution in [-0.2, 0) is 9.84 Å². The number of allylic oxidation sites excluding steroid dienone is 2. The molecule has 0 N–H and O–H groups in total. The molecule has 3 rings (SSSR count). The van der Waals surface area contributed by atoms with Gasteiger partial charge in [-0.3, -0.25) is 0 Å². The van der Waals surface area contributed by atoms with Crippen LogP contribution in [0.3, 0.4) is 0 Å². The zero-order valence-electron chi connectivity index (χ0n) is 8.58. The minimum Gasteiger partial charge on any atom is -0.227 e. The molecule has 1 aliphatic heterocycles. The van der Waals surface area contributed by atoms with E-state index in [1.54, 1.807) is 0 Å². The molecule has 0 bridgehead atoms. The summed E-state index contributed by atoms with van der Waals surface area (Å²) in [4.78, 5) is 0. The smallest absolute Gasteiger partial charge is 0.168 e. The van der Waals surface area contributed by atoms with Crippen LogP contribution in [0.5, 0.6) is 0 Å². The van der Waals surface area contributed by atoms with E-state index >= 15 is 0 Å². The van der Waals surface area contributed by atoms with E-state index in [1.165, 1.54) is 0 Å². The van der Waals surface area contributed by atoms with Gasteiger partial charge in [0.15, 0.2) is 9.84 Å². The maximum Gasteiger partial charge on any atom is 0.168 e. The molecule has 3 aliphatic rings. The fourth-order valence-electron chi connectivity index (χ4n) is 4.01. The molecule has 15 heavy (non-hydrogen) atoms. The van der Waals surface area contributed by atoms with Gasteiger partial charge in [0.1, 0.15) is 4.71 Å². The summed E-state index contributed by atoms with van der Waals surface area (Å²) in [5.41, 5.74) is -0.158. The van der Waals surface area contributed by atoms with Crippen molar-refractivity contribution in [3.8, 4) is 0 Å². The van der Waals surface area contributed by atoms with E-state index in [0.717, 1.165) is 32.1 Å². The largest absolute Gasteiger partial charge is 0.227 e. The van der Waals surface area contributed by atoms with Crippen LogP contribution in [0.4, 0.5) is 0 Å².